The van der Waals surface area contributed by atoms with Crippen LogP contribution in [0.25, 0.3) is 0 Å². The molecule has 0 aromatic heterocycles. The normalized spacial score (nSPS) is 12.9. The second kappa shape index (κ2) is 8.34. The summed E-state index contributed by atoms with van der Waals surface area (Å²) in [6.45, 7) is 13.0. The van der Waals surface area contributed by atoms with Gasteiger partial charge in [-0.2, -0.15) is 0 Å². The van der Waals surface area contributed by atoms with Crippen molar-refractivity contribution in [2.24, 2.45) is 0 Å². The van der Waals surface area contributed by atoms with Gasteiger partial charge in [0, 0.05) is 24.8 Å². The van der Waals surface area contributed by atoms with Crippen LogP contribution in [0.1, 0.15) is 50.8 Å². The van der Waals surface area contributed by atoms with Crippen molar-refractivity contribution in [3.63, 3.8) is 0 Å². The molecule has 0 radical (unpaired) electrons. The van der Waals surface area contributed by atoms with E-state index in [0.717, 1.165) is 19.5 Å². The monoisotopic (exact) mass is 324 g/mol. The summed E-state index contributed by atoms with van der Waals surface area (Å²) in [7, 11) is 0. The molecule has 2 nitrogen and oxygen atoms in total. The third-order valence-corrected chi connectivity index (χ3v) is 4.48. The summed E-state index contributed by atoms with van der Waals surface area (Å²) in [5, 5.41) is 7.21. The molecular formula is C22H32N2. The number of rotatable bonds is 7. The number of anilines is 1. The standard InChI is InChI=1S/C22H32N2/c1-6-20(16-24-21-9-7-8-17(2)14-21)23-15-18-10-12-19(13-11-18)22(3,4)5/h7-14,20,23-24H,6,15-16H2,1-5H3. The molecule has 2 N–H and O–H groups in total. The maximum absolute atomic E-state index is 3.67. The van der Waals surface area contributed by atoms with Gasteiger partial charge in [-0.05, 0) is 47.6 Å². The molecule has 0 heterocycles. The van der Waals surface area contributed by atoms with E-state index in [1.165, 1.54) is 22.4 Å². The zero-order valence-corrected chi connectivity index (χ0v) is 15.8. The van der Waals surface area contributed by atoms with Crippen LogP contribution in [-0.4, -0.2) is 12.6 Å². The maximum atomic E-state index is 3.67. The highest BCUT2D eigenvalue weighted by atomic mass is 15.0. The Kier molecular flexibility index (Phi) is 6.44. The van der Waals surface area contributed by atoms with Crippen LogP contribution in [0.3, 0.4) is 0 Å². The maximum Gasteiger partial charge on any atom is 0.0343 e. The Morgan fingerprint density at radius 3 is 2.29 bits per heavy atom. The molecule has 0 fully saturated rings. The second-order valence-electron chi connectivity index (χ2n) is 7.68. The fraction of sp³-hybridized carbons (Fsp3) is 0.455. The Labute approximate surface area is 147 Å². The van der Waals surface area contributed by atoms with E-state index in [4.69, 9.17) is 0 Å². The van der Waals surface area contributed by atoms with E-state index >= 15 is 0 Å². The lowest BCUT2D eigenvalue weighted by Crippen LogP contribution is -2.34. The van der Waals surface area contributed by atoms with Crippen LogP contribution in [-0.2, 0) is 12.0 Å². The minimum Gasteiger partial charge on any atom is -0.383 e. The fourth-order valence-corrected chi connectivity index (χ4v) is 2.74. The van der Waals surface area contributed by atoms with Gasteiger partial charge in [-0.25, -0.2) is 0 Å². The van der Waals surface area contributed by atoms with Crippen LogP contribution in [0.4, 0.5) is 5.69 Å². The van der Waals surface area contributed by atoms with Crippen molar-refractivity contribution in [1.82, 2.24) is 5.32 Å². The Bertz CT molecular complexity index is 623. The number of nitrogens with one attached hydrogen (secondary N) is 2. The highest BCUT2D eigenvalue weighted by molar-refractivity contribution is 5.45. The van der Waals surface area contributed by atoms with Gasteiger partial charge in [-0.3, -0.25) is 0 Å². The second-order valence-corrected chi connectivity index (χ2v) is 7.68. The lowest BCUT2D eigenvalue weighted by Gasteiger charge is -2.21. The predicted octanol–water partition coefficient (Wildman–Crippen LogP) is 5.27. The number of benzene rings is 2. The molecule has 0 aliphatic heterocycles. The van der Waals surface area contributed by atoms with Crippen molar-refractivity contribution in [1.29, 1.82) is 0 Å². The van der Waals surface area contributed by atoms with E-state index in [9.17, 15) is 0 Å². The molecule has 2 rings (SSSR count). The lowest BCUT2D eigenvalue weighted by molar-refractivity contribution is 0.515. The minimum absolute atomic E-state index is 0.218. The quantitative estimate of drug-likeness (QED) is 0.724. The lowest BCUT2D eigenvalue weighted by atomic mass is 9.87. The summed E-state index contributed by atoms with van der Waals surface area (Å²) in [5.41, 5.74) is 5.44. The topological polar surface area (TPSA) is 24.1 Å². The van der Waals surface area contributed by atoms with Gasteiger partial charge in [0.2, 0.25) is 0 Å². The molecule has 0 aliphatic carbocycles. The molecule has 2 heteroatoms. The summed E-state index contributed by atoms with van der Waals surface area (Å²) in [6.07, 6.45) is 1.11. The summed E-state index contributed by atoms with van der Waals surface area (Å²) in [6, 6.07) is 18.0. The van der Waals surface area contributed by atoms with E-state index in [-0.39, 0.29) is 5.41 Å². The zero-order valence-electron chi connectivity index (χ0n) is 15.8. The first kappa shape index (κ1) is 18.5. The van der Waals surface area contributed by atoms with E-state index < -0.39 is 0 Å². The molecule has 1 atom stereocenters. The molecule has 0 saturated heterocycles. The van der Waals surface area contributed by atoms with Crippen LogP contribution < -0.4 is 10.6 Å². The molecule has 0 bridgehead atoms. The van der Waals surface area contributed by atoms with Crippen molar-refractivity contribution in [2.45, 2.75) is 59.0 Å². The number of hydrogen-bond acceptors (Lipinski definition) is 2. The van der Waals surface area contributed by atoms with Crippen LogP contribution >= 0.6 is 0 Å². The van der Waals surface area contributed by atoms with E-state index in [2.05, 4.69) is 93.8 Å². The van der Waals surface area contributed by atoms with Crippen LogP contribution in [0.5, 0.6) is 0 Å². The average molecular weight is 325 g/mol. The van der Waals surface area contributed by atoms with Crippen LogP contribution in [0.15, 0.2) is 48.5 Å². The summed E-state index contributed by atoms with van der Waals surface area (Å²) in [5.74, 6) is 0. The Morgan fingerprint density at radius 2 is 1.71 bits per heavy atom. The summed E-state index contributed by atoms with van der Waals surface area (Å²) < 4.78 is 0. The van der Waals surface area contributed by atoms with Crippen molar-refractivity contribution < 1.29 is 0 Å². The van der Waals surface area contributed by atoms with Gasteiger partial charge in [0.1, 0.15) is 0 Å². The van der Waals surface area contributed by atoms with Gasteiger partial charge in [-0.15, -0.1) is 0 Å². The van der Waals surface area contributed by atoms with E-state index in [0.29, 0.717) is 6.04 Å². The molecule has 130 valence electrons. The Hall–Kier alpha value is -1.80. The Balaban J connectivity index is 1.84. The highest BCUT2D eigenvalue weighted by Crippen LogP contribution is 2.22. The van der Waals surface area contributed by atoms with E-state index in [1.54, 1.807) is 0 Å². The first-order valence-corrected chi connectivity index (χ1v) is 9.02. The van der Waals surface area contributed by atoms with Gasteiger partial charge in [0.25, 0.3) is 0 Å². The fourth-order valence-electron chi connectivity index (χ4n) is 2.74. The number of hydrogen-bond donors (Lipinski definition) is 2. The minimum atomic E-state index is 0.218. The molecular weight excluding hydrogens is 292 g/mol. The van der Waals surface area contributed by atoms with Crippen LogP contribution in [0.2, 0.25) is 0 Å². The third kappa shape index (κ3) is 5.68. The van der Waals surface area contributed by atoms with Gasteiger partial charge in [0.15, 0.2) is 0 Å². The molecule has 0 amide bonds. The van der Waals surface area contributed by atoms with Crippen molar-refractivity contribution in [2.75, 3.05) is 11.9 Å². The van der Waals surface area contributed by atoms with Gasteiger partial charge >= 0.3 is 0 Å². The van der Waals surface area contributed by atoms with Gasteiger partial charge < -0.3 is 10.6 Å². The third-order valence-electron chi connectivity index (χ3n) is 4.48. The molecule has 24 heavy (non-hydrogen) atoms. The first-order chi connectivity index (χ1) is 11.4. The van der Waals surface area contributed by atoms with Crippen molar-refractivity contribution >= 4 is 5.69 Å². The average Bonchev–Trinajstić information content (AvgIpc) is 2.55. The molecule has 1 unspecified atom stereocenters. The van der Waals surface area contributed by atoms with Crippen molar-refractivity contribution in [3.05, 3.63) is 65.2 Å². The molecule has 2 aromatic rings. The van der Waals surface area contributed by atoms with Crippen LogP contribution in [0, 0.1) is 6.92 Å². The molecule has 2 aromatic carbocycles. The first-order valence-electron chi connectivity index (χ1n) is 9.02. The molecule has 0 aliphatic rings. The predicted molar refractivity (Wildman–Crippen MR) is 106 cm³/mol. The SMILES string of the molecule is CCC(CNc1cccc(C)c1)NCc1ccc(C(C)(C)C)cc1. The molecule has 0 spiro atoms. The zero-order chi connectivity index (χ0) is 17.6. The summed E-state index contributed by atoms with van der Waals surface area (Å²) >= 11 is 0. The molecule has 0 saturated carbocycles. The summed E-state index contributed by atoms with van der Waals surface area (Å²) in [4.78, 5) is 0. The van der Waals surface area contributed by atoms with Gasteiger partial charge in [0.05, 0.1) is 0 Å². The smallest absolute Gasteiger partial charge is 0.0343 e. The van der Waals surface area contributed by atoms with E-state index in [1.807, 2.05) is 0 Å². The van der Waals surface area contributed by atoms with Gasteiger partial charge in [-0.1, -0.05) is 64.1 Å². The highest BCUT2D eigenvalue weighted by Gasteiger charge is 2.13. The largest absolute Gasteiger partial charge is 0.383 e. The number of aryl methyl sites for hydroxylation is 1. The van der Waals surface area contributed by atoms with Crippen molar-refractivity contribution in [3.8, 4) is 0 Å². The Morgan fingerprint density at radius 1 is 1.00 bits per heavy atom.